The fourth-order valence-electron chi connectivity index (χ4n) is 1.27. The van der Waals surface area contributed by atoms with Gasteiger partial charge in [-0.2, -0.15) is 0 Å². The van der Waals surface area contributed by atoms with Crippen molar-refractivity contribution in [1.29, 1.82) is 0 Å². The van der Waals surface area contributed by atoms with Crippen molar-refractivity contribution >= 4 is 10.8 Å². The number of methoxy groups -OCH3 is 1. The van der Waals surface area contributed by atoms with Crippen LogP contribution in [0.1, 0.15) is 20.8 Å². The van der Waals surface area contributed by atoms with Crippen LogP contribution < -0.4 is 4.74 Å². The lowest BCUT2D eigenvalue weighted by Crippen LogP contribution is -2.20. The Morgan fingerprint density at radius 2 is 1.94 bits per heavy atom. The Kier molecular flexibility index (Phi) is 5.11. The Bertz CT molecular complexity index is 441. The highest BCUT2D eigenvalue weighted by atomic mass is 32.2. The molecule has 0 amide bonds. The van der Waals surface area contributed by atoms with Crippen molar-refractivity contribution in [3.8, 4) is 5.75 Å². The molecule has 1 unspecified atom stereocenters. The molecule has 0 saturated heterocycles. The van der Waals surface area contributed by atoms with Gasteiger partial charge in [-0.1, -0.05) is 6.08 Å². The van der Waals surface area contributed by atoms with E-state index in [1.807, 2.05) is 13.0 Å². The second kappa shape index (κ2) is 6.16. The van der Waals surface area contributed by atoms with Gasteiger partial charge >= 0.3 is 0 Å². The first-order valence-electron chi connectivity index (χ1n) is 5.76. The van der Waals surface area contributed by atoms with Gasteiger partial charge in [-0.3, -0.25) is 4.21 Å². The van der Waals surface area contributed by atoms with Gasteiger partial charge in [-0.25, -0.2) is 0 Å². The molecule has 0 spiro atoms. The van der Waals surface area contributed by atoms with Crippen molar-refractivity contribution in [3.05, 3.63) is 35.9 Å². The summed E-state index contributed by atoms with van der Waals surface area (Å²) in [5.41, 5.74) is -0.0336. The second-order valence-corrected chi connectivity index (χ2v) is 6.13. The van der Waals surface area contributed by atoms with E-state index in [9.17, 15) is 9.32 Å². The molecule has 100 valence electrons. The molecule has 0 aliphatic carbocycles. The van der Waals surface area contributed by atoms with Gasteiger partial charge in [-0.15, -0.1) is 0 Å². The average Bonchev–Trinajstić information content (AvgIpc) is 2.34. The van der Waals surface area contributed by atoms with Crippen LogP contribution in [0.15, 0.2) is 40.8 Å². The van der Waals surface area contributed by atoms with Gasteiger partial charge < -0.3 is 9.84 Å². The fraction of sp³-hybridized carbons (Fsp3) is 0.429. The minimum absolute atomic E-state index is 0.405. The topological polar surface area (TPSA) is 46.5 Å². The van der Waals surface area contributed by atoms with Gasteiger partial charge in [0.05, 0.1) is 23.5 Å². The molecule has 18 heavy (non-hydrogen) atoms. The molecule has 4 heteroatoms. The molecule has 1 aromatic rings. The van der Waals surface area contributed by atoms with Gasteiger partial charge in [-0.05, 0) is 50.6 Å². The Labute approximate surface area is 111 Å². The van der Waals surface area contributed by atoms with E-state index in [1.165, 1.54) is 0 Å². The molecular weight excluding hydrogens is 248 g/mol. The summed E-state index contributed by atoms with van der Waals surface area (Å²) in [7, 11) is 0.507. The van der Waals surface area contributed by atoms with Crippen LogP contribution in [0.2, 0.25) is 0 Å². The number of benzene rings is 1. The standard InChI is InChI=1S/C14H20O3S/c1-11(14(2,3)15)9-10-18(16)13-7-5-12(17-4)6-8-13/h5-9,15H,10H2,1-4H3/b11-9+. The van der Waals surface area contributed by atoms with Crippen LogP contribution in [0.25, 0.3) is 0 Å². The summed E-state index contributed by atoms with van der Waals surface area (Å²) in [6.07, 6.45) is 1.82. The van der Waals surface area contributed by atoms with Gasteiger partial charge in [0.2, 0.25) is 0 Å². The van der Waals surface area contributed by atoms with E-state index < -0.39 is 16.4 Å². The zero-order valence-electron chi connectivity index (χ0n) is 11.3. The minimum atomic E-state index is -1.09. The predicted octanol–water partition coefficient (Wildman–Crippen LogP) is 2.52. The maximum atomic E-state index is 12.0. The van der Waals surface area contributed by atoms with Crippen LogP contribution >= 0.6 is 0 Å². The number of hydrogen-bond donors (Lipinski definition) is 1. The zero-order valence-corrected chi connectivity index (χ0v) is 12.1. The summed E-state index contributed by atoms with van der Waals surface area (Å²) < 4.78 is 17.1. The van der Waals surface area contributed by atoms with E-state index in [1.54, 1.807) is 45.2 Å². The van der Waals surface area contributed by atoms with Crippen LogP contribution in [0.5, 0.6) is 5.75 Å². The molecule has 0 fully saturated rings. The highest BCUT2D eigenvalue weighted by Crippen LogP contribution is 2.17. The third-order valence-electron chi connectivity index (χ3n) is 2.83. The molecule has 1 aromatic carbocycles. The summed E-state index contributed by atoms with van der Waals surface area (Å²) in [6.45, 7) is 5.27. The molecule has 1 N–H and O–H groups in total. The van der Waals surface area contributed by atoms with Crippen molar-refractivity contribution < 1.29 is 14.1 Å². The second-order valence-electron chi connectivity index (χ2n) is 4.63. The largest absolute Gasteiger partial charge is 0.497 e. The summed E-state index contributed by atoms with van der Waals surface area (Å²) >= 11 is 0. The third kappa shape index (κ3) is 4.27. The van der Waals surface area contributed by atoms with Gasteiger partial charge in [0.15, 0.2) is 0 Å². The van der Waals surface area contributed by atoms with Gasteiger partial charge in [0.25, 0.3) is 0 Å². The molecule has 0 heterocycles. The molecule has 3 nitrogen and oxygen atoms in total. The minimum Gasteiger partial charge on any atom is -0.497 e. The molecule has 0 aromatic heterocycles. The Morgan fingerprint density at radius 3 is 2.39 bits per heavy atom. The predicted molar refractivity (Wildman–Crippen MR) is 74.3 cm³/mol. The zero-order chi connectivity index (χ0) is 13.8. The quantitative estimate of drug-likeness (QED) is 0.835. The van der Waals surface area contributed by atoms with E-state index >= 15 is 0 Å². The molecule has 0 aliphatic rings. The molecule has 1 atom stereocenters. The molecule has 0 bridgehead atoms. The molecule has 0 radical (unpaired) electrons. The van der Waals surface area contributed by atoms with Crippen LogP contribution in [0.4, 0.5) is 0 Å². The van der Waals surface area contributed by atoms with E-state index in [4.69, 9.17) is 4.74 Å². The van der Waals surface area contributed by atoms with Crippen LogP contribution in [-0.2, 0) is 10.8 Å². The Morgan fingerprint density at radius 1 is 1.39 bits per heavy atom. The Hall–Kier alpha value is -1.13. The normalized spacial score (nSPS) is 14.4. The summed E-state index contributed by atoms with van der Waals surface area (Å²) in [5.74, 6) is 1.15. The van der Waals surface area contributed by atoms with E-state index in [2.05, 4.69) is 0 Å². The maximum absolute atomic E-state index is 12.0. The lowest BCUT2D eigenvalue weighted by molar-refractivity contribution is 0.120. The lowest BCUT2D eigenvalue weighted by Gasteiger charge is -2.18. The van der Waals surface area contributed by atoms with E-state index in [-0.39, 0.29) is 0 Å². The van der Waals surface area contributed by atoms with Crippen molar-refractivity contribution in [1.82, 2.24) is 0 Å². The first-order chi connectivity index (χ1) is 8.34. The summed E-state index contributed by atoms with van der Waals surface area (Å²) in [6, 6.07) is 7.17. The number of rotatable bonds is 5. The molecule has 0 saturated carbocycles. The van der Waals surface area contributed by atoms with Crippen LogP contribution in [0, 0.1) is 0 Å². The number of ether oxygens (including phenoxy) is 1. The first-order valence-corrected chi connectivity index (χ1v) is 7.08. The smallest absolute Gasteiger partial charge is 0.118 e. The van der Waals surface area contributed by atoms with Crippen molar-refractivity contribution in [2.75, 3.05) is 12.9 Å². The molecule has 1 rings (SSSR count). The molecule has 0 aliphatic heterocycles. The molecular formula is C14H20O3S. The third-order valence-corrected chi connectivity index (χ3v) is 4.10. The van der Waals surface area contributed by atoms with Crippen LogP contribution in [0.3, 0.4) is 0 Å². The number of aliphatic hydroxyl groups is 1. The first kappa shape index (κ1) is 14.9. The highest BCUT2D eigenvalue weighted by molar-refractivity contribution is 7.85. The highest BCUT2D eigenvalue weighted by Gasteiger charge is 2.14. The number of hydrogen-bond acceptors (Lipinski definition) is 3. The monoisotopic (exact) mass is 268 g/mol. The maximum Gasteiger partial charge on any atom is 0.118 e. The summed E-state index contributed by atoms with van der Waals surface area (Å²) in [4.78, 5) is 0.760. The van der Waals surface area contributed by atoms with Gasteiger partial charge in [0.1, 0.15) is 5.75 Å². The average molecular weight is 268 g/mol. The fourth-order valence-corrected chi connectivity index (χ4v) is 2.31. The van der Waals surface area contributed by atoms with Crippen molar-refractivity contribution in [2.45, 2.75) is 31.3 Å². The van der Waals surface area contributed by atoms with Crippen molar-refractivity contribution in [2.24, 2.45) is 0 Å². The Balaban J connectivity index is 2.71. The van der Waals surface area contributed by atoms with Crippen LogP contribution in [-0.4, -0.2) is 27.8 Å². The van der Waals surface area contributed by atoms with Crippen molar-refractivity contribution in [3.63, 3.8) is 0 Å². The van der Waals surface area contributed by atoms with Gasteiger partial charge in [0, 0.05) is 10.6 Å². The lowest BCUT2D eigenvalue weighted by atomic mass is 10.0. The summed E-state index contributed by atoms with van der Waals surface area (Å²) in [5, 5.41) is 9.75. The van der Waals surface area contributed by atoms with E-state index in [0.29, 0.717) is 5.75 Å². The van der Waals surface area contributed by atoms with E-state index in [0.717, 1.165) is 16.2 Å². The SMILES string of the molecule is COc1ccc(S(=O)C/C=C(\C)C(C)(C)O)cc1.